The molecule has 1 aromatic carbocycles. The van der Waals surface area contributed by atoms with Crippen molar-refractivity contribution in [2.45, 2.75) is 19.5 Å². The topological polar surface area (TPSA) is 63.9 Å². The molecule has 1 aliphatic heterocycles. The van der Waals surface area contributed by atoms with E-state index < -0.39 is 6.55 Å². The molecule has 1 amide bonds. The molecule has 0 atom stereocenters. The largest absolute Gasteiger partial charge is 0.333 e. The number of amides is 1. The molecule has 0 saturated carbocycles. The summed E-state index contributed by atoms with van der Waals surface area (Å²) >= 11 is 0. The highest BCUT2D eigenvalue weighted by Gasteiger charge is 2.26. The summed E-state index contributed by atoms with van der Waals surface area (Å²) in [5.41, 5.74) is 3.43. The minimum atomic E-state index is -2.72. The number of alkyl halides is 2. The summed E-state index contributed by atoms with van der Waals surface area (Å²) in [6.45, 7) is 1.62. The van der Waals surface area contributed by atoms with Crippen molar-refractivity contribution < 1.29 is 13.6 Å². The van der Waals surface area contributed by atoms with Gasteiger partial charge in [0.05, 0.1) is 24.1 Å². The van der Waals surface area contributed by atoms with Crippen molar-refractivity contribution in [2.24, 2.45) is 0 Å². The Hall–Kier alpha value is -3.42. The molecule has 3 heterocycles. The van der Waals surface area contributed by atoms with Crippen LogP contribution in [0.2, 0.25) is 0 Å². The van der Waals surface area contributed by atoms with Crippen molar-refractivity contribution in [3.05, 3.63) is 66.6 Å². The molecular weight excluding hydrogens is 364 g/mol. The number of hydrogen-bond donors (Lipinski definition) is 0. The number of hydrogen-bond acceptors (Lipinski definition) is 4. The van der Waals surface area contributed by atoms with Gasteiger partial charge in [0.1, 0.15) is 0 Å². The molecule has 0 fully saturated rings. The van der Waals surface area contributed by atoms with Gasteiger partial charge < -0.3 is 4.90 Å². The Bertz CT molecular complexity index is 1030. The van der Waals surface area contributed by atoms with Gasteiger partial charge in [0.2, 0.25) is 5.91 Å². The maximum Gasteiger partial charge on any atom is 0.333 e. The van der Waals surface area contributed by atoms with E-state index in [1.54, 1.807) is 4.90 Å². The highest BCUT2D eigenvalue weighted by atomic mass is 19.3. The van der Waals surface area contributed by atoms with Crippen LogP contribution in [0.5, 0.6) is 0 Å². The Morgan fingerprint density at radius 1 is 1.18 bits per heavy atom. The number of halogens is 2. The van der Waals surface area contributed by atoms with E-state index in [-0.39, 0.29) is 5.91 Å². The lowest BCUT2D eigenvalue weighted by Crippen LogP contribution is -2.35. The van der Waals surface area contributed by atoms with Gasteiger partial charge >= 0.3 is 6.55 Å². The smallest absolute Gasteiger partial charge is 0.333 e. The third-order valence-corrected chi connectivity index (χ3v) is 4.66. The lowest BCUT2D eigenvalue weighted by molar-refractivity contribution is -0.126. The molecule has 142 valence electrons. The lowest BCUT2D eigenvalue weighted by Gasteiger charge is -2.28. The van der Waals surface area contributed by atoms with Crippen LogP contribution in [0.25, 0.3) is 22.6 Å². The van der Waals surface area contributed by atoms with E-state index in [2.05, 4.69) is 21.6 Å². The van der Waals surface area contributed by atoms with Gasteiger partial charge in [0.15, 0.2) is 5.82 Å². The zero-order chi connectivity index (χ0) is 19.7. The summed E-state index contributed by atoms with van der Waals surface area (Å²) in [5.74, 6) is 0.310. The molecule has 0 bridgehead atoms. The number of nitrogens with zero attached hydrogens (tertiary/aromatic N) is 5. The zero-order valence-corrected chi connectivity index (χ0v) is 14.9. The predicted octanol–water partition coefficient (Wildman–Crippen LogP) is 3.47. The fourth-order valence-electron chi connectivity index (χ4n) is 3.27. The van der Waals surface area contributed by atoms with Crippen LogP contribution in [0.1, 0.15) is 17.8 Å². The van der Waals surface area contributed by atoms with Crippen LogP contribution in [0, 0.1) is 0 Å². The molecule has 0 spiro atoms. The summed E-state index contributed by atoms with van der Waals surface area (Å²) in [6.07, 6.45) is 4.46. The second-order valence-corrected chi connectivity index (χ2v) is 6.39. The van der Waals surface area contributed by atoms with Crippen LogP contribution in [0.3, 0.4) is 0 Å². The molecule has 6 nitrogen and oxygen atoms in total. The number of fused-ring (bicyclic) bond motifs is 1. The highest BCUT2D eigenvalue weighted by Crippen LogP contribution is 2.31. The zero-order valence-electron chi connectivity index (χ0n) is 14.9. The number of aromatic nitrogens is 4. The Morgan fingerprint density at radius 2 is 1.96 bits per heavy atom. The first kappa shape index (κ1) is 18.0. The van der Waals surface area contributed by atoms with Gasteiger partial charge in [-0.3, -0.25) is 4.79 Å². The maximum atomic E-state index is 13.0. The molecule has 3 aromatic rings. The Balaban J connectivity index is 1.85. The SMILES string of the molecule is C=CC(=O)N1CCc2c(nc(-c3ccccc3)nc2-c2cnn(C(F)F)c2)C1. The molecule has 28 heavy (non-hydrogen) atoms. The third kappa shape index (κ3) is 3.28. The van der Waals surface area contributed by atoms with Crippen LogP contribution in [-0.4, -0.2) is 37.1 Å². The second-order valence-electron chi connectivity index (χ2n) is 6.39. The van der Waals surface area contributed by atoms with Crippen LogP contribution >= 0.6 is 0 Å². The monoisotopic (exact) mass is 381 g/mol. The van der Waals surface area contributed by atoms with E-state index in [0.717, 1.165) is 11.1 Å². The fraction of sp³-hybridized carbons (Fsp3) is 0.200. The Labute approximate surface area is 160 Å². The highest BCUT2D eigenvalue weighted by molar-refractivity contribution is 5.87. The first-order valence-corrected chi connectivity index (χ1v) is 8.76. The first-order valence-electron chi connectivity index (χ1n) is 8.76. The number of carbonyl (C=O) groups is 1. The van der Waals surface area contributed by atoms with E-state index in [1.165, 1.54) is 18.5 Å². The molecule has 1 aliphatic rings. The van der Waals surface area contributed by atoms with Gasteiger partial charge in [-0.15, -0.1) is 0 Å². The van der Waals surface area contributed by atoms with Crippen LogP contribution in [-0.2, 0) is 17.8 Å². The van der Waals surface area contributed by atoms with Crippen molar-refractivity contribution in [1.82, 2.24) is 24.6 Å². The Morgan fingerprint density at radius 3 is 2.64 bits per heavy atom. The molecule has 0 saturated heterocycles. The summed E-state index contributed by atoms with van der Waals surface area (Å²) < 4.78 is 26.5. The summed E-state index contributed by atoms with van der Waals surface area (Å²) in [7, 11) is 0. The molecule has 2 aromatic heterocycles. The average molecular weight is 381 g/mol. The number of carbonyl (C=O) groups excluding carboxylic acids is 1. The molecule has 0 unspecified atom stereocenters. The predicted molar refractivity (Wildman–Crippen MR) is 99.3 cm³/mol. The van der Waals surface area contributed by atoms with Gasteiger partial charge in [0, 0.05) is 29.4 Å². The van der Waals surface area contributed by atoms with Gasteiger partial charge in [0.25, 0.3) is 0 Å². The third-order valence-electron chi connectivity index (χ3n) is 4.66. The van der Waals surface area contributed by atoms with Crippen LogP contribution in [0.4, 0.5) is 8.78 Å². The Kier molecular flexibility index (Phi) is 4.68. The van der Waals surface area contributed by atoms with Crippen LogP contribution < -0.4 is 0 Å². The van der Waals surface area contributed by atoms with E-state index in [1.807, 2.05) is 30.3 Å². The fourth-order valence-corrected chi connectivity index (χ4v) is 3.27. The molecule has 0 N–H and O–H groups in total. The van der Waals surface area contributed by atoms with Crippen molar-refractivity contribution in [3.8, 4) is 22.6 Å². The van der Waals surface area contributed by atoms with Gasteiger partial charge in [-0.1, -0.05) is 36.9 Å². The number of benzene rings is 1. The average Bonchev–Trinajstić information content (AvgIpc) is 3.23. The molecule has 4 rings (SSSR count). The van der Waals surface area contributed by atoms with Crippen molar-refractivity contribution in [3.63, 3.8) is 0 Å². The first-order chi connectivity index (χ1) is 13.6. The quantitative estimate of drug-likeness (QED) is 0.649. The van der Waals surface area contributed by atoms with E-state index in [0.29, 0.717) is 47.0 Å². The molecule has 0 radical (unpaired) electrons. The molecule has 0 aliphatic carbocycles. The standard InChI is InChI=1S/C20H17F2N5O/c1-2-17(28)26-9-8-15-16(12-26)24-19(13-6-4-3-5-7-13)25-18(15)14-10-23-27(11-14)20(21)22/h2-7,10-11,20H,1,8-9,12H2. The van der Waals surface area contributed by atoms with Crippen LogP contribution in [0.15, 0.2) is 55.4 Å². The normalized spacial score (nSPS) is 13.5. The lowest BCUT2D eigenvalue weighted by atomic mass is 9.99. The van der Waals surface area contributed by atoms with Gasteiger partial charge in [-0.05, 0) is 12.5 Å². The summed E-state index contributed by atoms with van der Waals surface area (Å²) in [6, 6.07) is 9.40. The summed E-state index contributed by atoms with van der Waals surface area (Å²) in [4.78, 5) is 23.0. The van der Waals surface area contributed by atoms with E-state index in [4.69, 9.17) is 0 Å². The minimum Gasteiger partial charge on any atom is -0.333 e. The van der Waals surface area contributed by atoms with Crippen molar-refractivity contribution in [2.75, 3.05) is 6.54 Å². The van der Waals surface area contributed by atoms with Crippen molar-refractivity contribution >= 4 is 5.91 Å². The molecular formula is C20H17F2N5O. The van der Waals surface area contributed by atoms with Gasteiger partial charge in [-0.2, -0.15) is 13.9 Å². The van der Waals surface area contributed by atoms with E-state index >= 15 is 0 Å². The minimum absolute atomic E-state index is 0.169. The summed E-state index contributed by atoms with van der Waals surface area (Å²) in [5, 5.41) is 3.73. The second kappa shape index (κ2) is 7.30. The molecule has 8 heteroatoms. The number of rotatable bonds is 4. The maximum absolute atomic E-state index is 13.0. The van der Waals surface area contributed by atoms with Crippen molar-refractivity contribution in [1.29, 1.82) is 0 Å². The van der Waals surface area contributed by atoms with Gasteiger partial charge in [-0.25, -0.2) is 14.6 Å². The van der Waals surface area contributed by atoms with E-state index in [9.17, 15) is 13.6 Å².